The molecule has 7 nitrogen and oxygen atoms in total. The van der Waals surface area contributed by atoms with Crippen molar-refractivity contribution >= 4 is 11.7 Å². The Morgan fingerprint density at radius 1 is 1.60 bits per heavy atom. The summed E-state index contributed by atoms with van der Waals surface area (Å²) in [7, 11) is 2.03. The van der Waals surface area contributed by atoms with E-state index in [1.807, 2.05) is 7.05 Å². The molecule has 0 aromatic heterocycles. The van der Waals surface area contributed by atoms with Gasteiger partial charge in [0.15, 0.2) is 5.84 Å². The van der Waals surface area contributed by atoms with Crippen LogP contribution in [0.2, 0.25) is 0 Å². The number of carbonyl (C=O) groups excluding carboxylic acids is 1. The minimum Gasteiger partial charge on any atom is -0.409 e. The standard InChI is InChI=1S/C13H24N4O3/c1-9-5-13(6-9,11(14)16-19)12(18)15-7-10-8-17(2)3-4-20-10/h9-10,19H,3-8H2,1-2H3,(H2,14,16)(H,15,18). The molecule has 1 saturated heterocycles. The molecule has 1 heterocycles. The number of nitrogens with two attached hydrogens (primary N) is 1. The first-order valence-corrected chi connectivity index (χ1v) is 7.04. The highest BCUT2D eigenvalue weighted by Gasteiger charge is 2.52. The number of nitrogens with one attached hydrogen (secondary N) is 1. The minimum absolute atomic E-state index is 0.000426. The lowest BCUT2D eigenvalue weighted by atomic mass is 9.61. The molecule has 4 N–H and O–H groups in total. The Hall–Kier alpha value is -1.34. The maximum absolute atomic E-state index is 12.4. The number of hydrogen-bond donors (Lipinski definition) is 3. The van der Waals surface area contributed by atoms with E-state index in [-0.39, 0.29) is 17.8 Å². The second-order valence-electron chi connectivity index (χ2n) is 6.05. The first-order valence-electron chi connectivity index (χ1n) is 7.04. The molecule has 1 saturated carbocycles. The van der Waals surface area contributed by atoms with Crippen LogP contribution in [0.1, 0.15) is 19.8 Å². The van der Waals surface area contributed by atoms with Crippen LogP contribution in [-0.4, -0.2) is 61.2 Å². The van der Waals surface area contributed by atoms with E-state index in [1.165, 1.54) is 0 Å². The van der Waals surface area contributed by atoms with Gasteiger partial charge in [-0.05, 0) is 25.8 Å². The van der Waals surface area contributed by atoms with Gasteiger partial charge in [0, 0.05) is 19.6 Å². The van der Waals surface area contributed by atoms with E-state index >= 15 is 0 Å². The summed E-state index contributed by atoms with van der Waals surface area (Å²) in [6, 6.07) is 0. The third kappa shape index (κ3) is 2.88. The van der Waals surface area contributed by atoms with Crippen LogP contribution in [-0.2, 0) is 9.53 Å². The van der Waals surface area contributed by atoms with Crippen molar-refractivity contribution in [1.82, 2.24) is 10.2 Å². The van der Waals surface area contributed by atoms with Gasteiger partial charge >= 0.3 is 0 Å². The summed E-state index contributed by atoms with van der Waals surface area (Å²) < 4.78 is 5.60. The van der Waals surface area contributed by atoms with Crippen molar-refractivity contribution in [3.63, 3.8) is 0 Å². The van der Waals surface area contributed by atoms with Crippen LogP contribution in [0.25, 0.3) is 0 Å². The monoisotopic (exact) mass is 284 g/mol. The van der Waals surface area contributed by atoms with Crippen molar-refractivity contribution in [3.8, 4) is 0 Å². The molecule has 0 radical (unpaired) electrons. The fourth-order valence-corrected chi connectivity index (χ4v) is 3.10. The van der Waals surface area contributed by atoms with E-state index in [0.29, 0.717) is 31.9 Å². The Kier molecular flexibility index (Phi) is 4.49. The number of carbonyl (C=O) groups is 1. The molecule has 0 aromatic carbocycles. The van der Waals surface area contributed by atoms with Crippen LogP contribution in [0.15, 0.2) is 5.16 Å². The van der Waals surface area contributed by atoms with Crippen LogP contribution < -0.4 is 11.1 Å². The number of oxime groups is 1. The SMILES string of the molecule is CC1CC(C(=O)NCC2CN(C)CCO2)(C(N)=NO)C1. The number of ether oxygens (including phenoxy) is 1. The van der Waals surface area contributed by atoms with Gasteiger partial charge in [0.05, 0.1) is 12.7 Å². The molecule has 0 bridgehead atoms. The van der Waals surface area contributed by atoms with Crippen molar-refractivity contribution in [2.24, 2.45) is 22.2 Å². The van der Waals surface area contributed by atoms with E-state index in [2.05, 4.69) is 22.3 Å². The molecule has 1 unspecified atom stereocenters. The van der Waals surface area contributed by atoms with Gasteiger partial charge < -0.3 is 25.9 Å². The van der Waals surface area contributed by atoms with Gasteiger partial charge in [-0.15, -0.1) is 0 Å². The Morgan fingerprint density at radius 3 is 2.85 bits per heavy atom. The highest BCUT2D eigenvalue weighted by molar-refractivity contribution is 6.07. The van der Waals surface area contributed by atoms with Crippen molar-refractivity contribution in [2.45, 2.75) is 25.9 Å². The van der Waals surface area contributed by atoms with Gasteiger partial charge in [-0.25, -0.2) is 0 Å². The second kappa shape index (κ2) is 5.97. The topological polar surface area (TPSA) is 100 Å². The van der Waals surface area contributed by atoms with Crippen molar-refractivity contribution < 1.29 is 14.7 Å². The number of hydrogen-bond acceptors (Lipinski definition) is 5. The number of nitrogens with zero attached hydrogens (tertiary/aromatic N) is 2. The predicted octanol–water partition coefficient (Wildman–Crippen LogP) is -0.404. The van der Waals surface area contributed by atoms with Crippen LogP contribution >= 0.6 is 0 Å². The maximum Gasteiger partial charge on any atom is 0.234 e. The van der Waals surface area contributed by atoms with E-state index in [0.717, 1.165) is 13.1 Å². The third-order valence-corrected chi connectivity index (χ3v) is 4.26. The molecule has 2 fully saturated rings. The molecule has 2 aliphatic rings. The van der Waals surface area contributed by atoms with Gasteiger partial charge in [-0.3, -0.25) is 4.79 Å². The predicted molar refractivity (Wildman–Crippen MR) is 74.5 cm³/mol. The second-order valence-corrected chi connectivity index (χ2v) is 6.05. The minimum atomic E-state index is -0.839. The van der Waals surface area contributed by atoms with Gasteiger partial charge in [-0.1, -0.05) is 12.1 Å². The van der Waals surface area contributed by atoms with Gasteiger partial charge in [0.1, 0.15) is 5.41 Å². The molecule has 114 valence electrons. The zero-order valence-electron chi connectivity index (χ0n) is 12.1. The fraction of sp³-hybridized carbons (Fsp3) is 0.846. The average molecular weight is 284 g/mol. The fourth-order valence-electron chi connectivity index (χ4n) is 3.10. The van der Waals surface area contributed by atoms with Gasteiger partial charge in [0.2, 0.25) is 5.91 Å². The molecular formula is C13H24N4O3. The van der Waals surface area contributed by atoms with Gasteiger partial charge in [-0.2, -0.15) is 0 Å². The van der Waals surface area contributed by atoms with Crippen molar-refractivity contribution in [1.29, 1.82) is 0 Å². The molecule has 20 heavy (non-hydrogen) atoms. The molecule has 1 aliphatic carbocycles. The Labute approximate surface area is 119 Å². The highest BCUT2D eigenvalue weighted by Crippen LogP contribution is 2.45. The summed E-state index contributed by atoms with van der Waals surface area (Å²) >= 11 is 0. The summed E-state index contributed by atoms with van der Waals surface area (Å²) in [5, 5.41) is 14.8. The third-order valence-electron chi connectivity index (χ3n) is 4.26. The number of amidine groups is 1. The molecule has 1 aliphatic heterocycles. The first kappa shape index (κ1) is 15.1. The Balaban J connectivity index is 1.90. The zero-order chi connectivity index (χ0) is 14.8. The molecule has 2 rings (SSSR count). The number of rotatable bonds is 4. The Morgan fingerprint density at radius 2 is 2.30 bits per heavy atom. The smallest absolute Gasteiger partial charge is 0.234 e. The molecule has 1 atom stereocenters. The van der Waals surface area contributed by atoms with E-state index in [4.69, 9.17) is 15.7 Å². The van der Waals surface area contributed by atoms with E-state index in [1.54, 1.807) is 0 Å². The summed E-state index contributed by atoms with van der Waals surface area (Å²) in [6.45, 7) is 4.90. The largest absolute Gasteiger partial charge is 0.409 e. The number of likely N-dealkylation sites (N-methyl/N-ethyl adjacent to an activating group) is 1. The first-order chi connectivity index (χ1) is 9.48. The normalized spacial score (nSPS) is 35.4. The Bertz CT molecular complexity index is 393. The summed E-state index contributed by atoms with van der Waals surface area (Å²) in [5.41, 5.74) is 4.87. The summed E-state index contributed by atoms with van der Waals surface area (Å²) in [5.74, 6) is 0.260. The van der Waals surface area contributed by atoms with Crippen molar-refractivity contribution in [2.75, 3.05) is 33.3 Å². The van der Waals surface area contributed by atoms with E-state index < -0.39 is 5.41 Å². The molecule has 1 amide bonds. The lowest BCUT2D eigenvalue weighted by Crippen LogP contribution is -2.58. The quantitative estimate of drug-likeness (QED) is 0.282. The molecule has 0 aromatic rings. The number of amides is 1. The van der Waals surface area contributed by atoms with Crippen LogP contribution in [0.5, 0.6) is 0 Å². The number of morpholine rings is 1. The van der Waals surface area contributed by atoms with Gasteiger partial charge in [0.25, 0.3) is 0 Å². The lowest BCUT2D eigenvalue weighted by Gasteiger charge is -2.44. The maximum atomic E-state index is 12.4. The van der Waals surface area contributed by atoms with Crippen LogP contribution in [0, 0.1) is 11.3 Å². The summed E-state index contributed by atoms with van der Waals surface area (Å²) in [6.07, 6.45) is 1.25. The van der Waals surface area contributed by atoms with Crippen LogP contribution in [0.3, 0.4) is 0 Å². The molecule has 7 heteroatoms. The molecule has 0 spiro atoms. The van der Waals surface area contributed by atoms with E-state index in [9.17, 15) is 4.79 Å². The van der Waals surface area contributed by atoms with Crippen LogP contribution in [0.4, 0.5) is 0 Å². The lowest BCUT2D eigenvalue weighted by molar-refractivity contribution is -0.134. The van der Waals surface area contributed by atoms with Crippen molar-refractivity contribution in [3.05, 3.63) is 0 Å². The average Bonchev–Trinajstić information content (AvgIpc) is 2.40. The zero-order valence-corrected chi connectivity index (χ0v) is 12.1. The summed E-state index contributed by atoms with van der Waals surface area (Å²) in [4.78, 5) is 14.5. The highest BCUT2D eigenvalue weighted by atomic mass is 16.5. The molecular weight excluding hydrogens is 260 g/mol.